The van der Waals surface area contributed by atoms with Crippen LogP contribution >= 0.6 is 0 Å². The first-order valence-corrected chi connectivity index (χ1v) is 10.2. The average Bonchev–Trinajstić information content (AvgIpc) is 3.15. The van der Waals surface area contributed by atoms with Crippen LogP contribution in [0.25, 0.3) is 27.5 Å². The first-order chi connectivity index (χ1) is 15.5. The molecule has 170 valence electrons. The van der Waals surface area contributed by atoms with E-state index in [1.54, 1.807) is 37.5 Å². The second-order valence-corrected chi connectivity index (χ2v) is 8.07. The topological polar surface area (TPSA) is 68.9 Å². The second-order valence-electron chi connectivity index (χ2n) is 8.07. The number of halogens is 3. The number of benzene rings is 2. The lowest BCUT2D eigenvalue weighted by Crippen LogP contribution is -2.19. The molecule has 2 aromatic heterocycles. The van der Waals surface area contributed by atoms with Crippen LogP contribution in [-0.2, 0) is 18.0 Å². The first kappa shape index (κ1) is 22.3. The van der Waals surface area contributed by atoms with Crippen LogP contribution in [0.4, 0.5) is 18.9 Å². The SMILES string of the molecule is CC(C)/C=C/C(=O)Nc1ccc2c(c1)c1nn(C)cc1c(=O)n2-c1ccc(C(F)(F)F)cc1. The summed E-state index contributed by atoms with van der Waals surface area (Å²) in [4.78, 5) is 25.5. The molecule has 0 saturated heterocycles. The van der Waals surface area contributed by atoms with Gasteiger partial charge in [0.05, 0.1) is 16.5 Å². The van der Waals surface area contributed by atoms with Crippen molar-refractivity contribution in [2.75, 3.05) is 5.32 Å². The smallest absolute Gasteiger partial charge is 0.322 e. The third-order valence-corrected chi connectivity index (χ3v) is 5.11. The first-order valence-electron chi connectivity index (χ1n) is 10.2. The predicted octanol–water partition coefficient (Wildman–Crippen LogP) is 5.05. The number of alkyl halides is 3. The number of hydrogen-bond donors (Lipinski definition) is 1. The summed E-state index contributed by atoms with van der Waals surface area (Å²) in [6.45, 7) is 3.91. The van der Waals surface area contributed by atoms with Crippen LogP contribution in [0.2, 0.25) is 0 Å². The third-order valence-electron chi connectivity index (χ3n) is 5.11. The molecule has 4 rings (SSSR count). The Labute approximate surface area is 186 Å². The van der Waals surface area contributed by atoms with Crippen molar-refractivity contribution in [3.05, 3.63) is 76.7 Å². The fourth-order valence-corrected chi connectivity index (χ4v) is 3.59. The molecule has 33 heavy (non-hydrogen) atoms. The van der Waals surface area contributed by atoms with Crippen molar-refractivity contribution in [2.24, 2.45) is 13.0 Å². The quantitative estimate of drug-likeness (QED) is 0.439. The van der Waals surface area contributed by atoms with Gasteiger partial charge in [0.15, 0.2) is 0 Å². The third kappa shape index (κ3) is 4.39. The minimum absolute atomic E-state index is 0.221. The number of nitrogens with zero attached hydrogens (tertiary/aromatic N) is 3. The van der Waals surface area contributed by atoms with Crippen LogP contribution in [-0.4, -0.2) is 20.3 Å². The van der Waals surface area contributed by atoms with Gasteiger partial charge in [-0.05, 0) is 54.5 Å². The predicted molar refractivity (Wildman–Crippen MR) is 121 cm³/mol. The van der Waals surface area contributed by atoms with E-state index in [0.29, 0.717) is 33.2 Å². The molecular formula is C24H21F3N4O2. The van der Waals surface area contributed by atoms with Gasteiger partial charge in [0.2, 0.25) is 5.91 Å². The van der Waals surface area contributed by atoms with Gasteiger partial charge in [0, 0.05) is 30.0 Å². The standard InChI is InChI=1S/C24H21F3N4O2/c1-14(2)4-11-21(32)28-16-7-10-20-18(12-16)22-19(13-30(3)29-22)23(33)31(20)17-8-5-15(6-9-17)24(25,26)27/h4-14H,1-3H3,(H,28,32)/b11-4+. The number of rotatable bonds is 4. The summed E-state index contributed by atoms with van der Waals surface area (Å²) in [5, 5.41) is 8.07. The Morgan fingerprint density at radius 2 is 1.79 bits per heavy atom. The van der Waals surface area contributed by atoms with Crippen molar-refractivity contribution < 1.29 is 18.0 Å². The lowest BCUT2D eigenvalue weighted by Gasteiger charge is -2.14. The number of carbonyl (C=O) groups is 1. The Balaban J connectivity index is 1.89. The zero-order valence-corrected chi connectivity index (χ0v) is 18.1. The minimum Gasteiger partial charge on any atom is -0.322 e. The van der Waals surface area contributed by atoms with Crippen LogP contribution < -0.4 is 10.9 Å². The van der Waals surface area contributed by atoms with Crippen LogP contribution in [0.3, 0.4) is 0 Å². The van der Waals surface area contributed by atoms with E-state index in [1.165, 1.54) is 27.5 Å². The molecule has 6 nitrogen and oxygen atoms in total. The molecule has 1 amide bonds. The van der Waals surface area contributed by atoms with Gasteiger partial charge < -0.3 is 5.32 Å². The van der Waals surface area contributed by atoms with E-state index in [2.05, 4.69) is 10.4 Å². The van der Waals surface area contributed by atoms with E-state index in [4.69, 9.17) is 0 Å². The molecule has 0 saturated carbocycles. The molecular weight excluding hydrogens is 433 g/mol. The summed E-state index contributed by atoms with van der Waals surface area (Å²) in [5.41, 5.74) is 0.495. The average molecular weight is 454 g/mol. The molecule has 0 aliphatic carbocycles. The number of aromatic nitrogens is 3. The van der Waals surface area contributed by atoms with Crippen molar-refractivity contribution in [3.8, 4) is 5.69 Å². The molecule has 0 aliphatic heterocycles. The number of nitrogens with one attached hydrogen (secondary N) is 1. The van der Waals surface area contributed by atoms with Gasteiger partial charge in [-0.2, -0.15) is 18.3 Å². The molecule has 0 fully saturated rings. The maximum Gasteiger partial charge on any atom is 0.416 e. The molecule has 2 heterocycles. The highest BCUT2D eigenvalue weighted by atomic mass is 19.4. The molecule has 0 radical (unpaired) electrons. The van der Waals surface area contributed by atoms with E-state index in [0.717, 1.165) is 12.1 Å². The Kier molecular flexibility index (Phi) is 5.57. The van der Waals surface area contributed by atoms with Gasteiger partial charge in [0.1, 0.15) is 5.52 Å². The zero-order chi connectivity index (χ0) is 23.9. The highest BCUT2D eigenvalue weighted by Gasteiger charge is 2.30. The number of fused-ring (bicyclic) bond motifs is 3. The maximum atomic E-state index is 13.3. The van der Waals surface area contributed by atoms with Gasteiger partial charge in [-0.3, -0.25) is 18.8 Å². The molecule has 2 aromatic carbocycles. The number of carbonyl (C=O) groups excluding carboxylic acids is 1. The van der Waals surface area contributed by atoms with Crippen molar-refractivity contribution >= 4 is 33.4 Å². The largest absolute Gasteiger partial charge is 0.416 e. The van der Waals surface area contributed by atoms with Crippen LogP contribution in [0, 0.1) is 5.92 Å². The van der Waals surface area contributed by atoms with E-state index in [9.17, 15) is 22.8 Å². The number of anilines is 1. The summed E-state index contributed by atoms with van der Waals surface area (Å²) >= 11 is 0. The minimum atomic E-state index is -4.48. The number of aryl methyl sites for hydroxylation is 1. The normalized spacial score (nSPS) is 12.3. The van der Waals surface area contributed by atoms with Gasteiger partial charge in [-0.15, -0.1) is 0 Å². The summed E-state index contributed by atoms with van der Waals surface area (Å²) in [6.07, 6.45) is 0.314. The molecule has 0 bridgehead atoms. The summed E-state index contributed by atoms with van der Waals surface area (Å²) in [7, 11) is 1.68. The van der Waals surface area contributed by atoms with E-state index >= 15 is 0 Å². The summed E-state index contributed by atoms with van der Waals surface area (Å²) < 4.78 is 41.8. The molecule has 0 unspecified atom stereocenters. The molecule has 1 N–H and O–H groups in total. The maximum absolute atomic E-state index is 13.3. The zero-order valence-electron chi connectivity index (χ0n) is 18.1. The summed E-state index contributed by atoms with van der Waals surface area (Å²) in [5.74, 6) is -0.0740. The molecule has 0 spiro atoms. The summed E-state index contributed by atoms with van der Waals surface area (Å²) in [6, 6.07) is 9.39. The van der Waals surface area contributed by atoms with Crippen molar-refractivity contribution in [2.45, 2.75) is 20.0 Å². The van der Waals surface area contributed by atoms with E-state index in [-0.39, 0.29) is 11.8 Å². The van der Waals surface area contributed by atoms with E-state index in [1.807, 2.05) is 13.8 Å². The van der Waals surface area contributed by atoms with Gasteiger partial charge >= 0.3 is 6.18 Å². The monoisotopic (exact) mass is 454 g/mol. The molecule has 0 aliphatic rings. The lowest BCUT2D eigenvalue weighted by atomic mass is 10.1. The van der Waals surface area contributed by atoms with Crippen LogP contribution in [0.5, 0.6) is 0 Å². The fourth-order valence-electron chi connectivity index (χ4n) is 3.59. The molecule has 9 heteroatoms. The van der Waals surface area contributed by atoms with Gasteiger partial charge in [-0.1, -0.05) is 19.9 Å². The second kappa shape index (κ2) is 8.23. The van der Waals surface area contributed by atoms with Crippen molar-refractivity contribution in [1.82, 2.24) is 14.3 Å². The van der Waals surface area contributed by atoms with Crippen LogP contribution in [0.15, 0.2) is 65.6 Å². The molecule has 0 atom stereocenters. The number of allylic oxidation sites excluding steroid dienone is 1. The Hall–Kier alpha value is -3.88. The Bertz CT molecular complexity index is 1450. The fraction of sp³-hybridized carbons (Fsp3) is 0.208. The van der Waals surface area contributed by atoms with Crippen LogP contribution in [0.1, 0.15) is 19.4 Å². The lowest BCUT2D eigenvalue weighted by molar-refractivity contribution is -0.137. The van der Waals surface area contributed by atoms with Crippen molar-refractivity contribution in [3.63, 3.8) is 0 Å². The Morgan fingerprint density at radius 3 is 2.42 bits per heavy atom. The highest BCUT2D eigenvalue weighted by molar-refractivity contribution is 6.07. The molecule has 4 aromatic rings. The van der Waals surface area contributed by atoms with Gasteiger partial charge in [-0.25, -0.2) is 0 Å². The van der Waals surface area contributed by atoms with Crippen molar-refractivity contribution in [1.29, 1.82) is 0 Å². The van der Waals surface area contributed by atoms with Gasteiger partial charge in [0.25, 0.3) is 5.56 Å². The van der Waals surface area contributed by atoms with E-state index < -0.39 is 17.3 Å². The number of pyridine rings is 1. The Morgan fingerprint density at radius 1 is 1.09 bits per heavy atom. The highest BCUT2D eigenvalue weighted by Crippen LogP contribution is 2.31. The number of hydrogen-bond acceptors (Lipinski definition) is 3. The number of amides is 1.